The maximum atomic E-state index is 12.4. The van der Waals surface area contributed by atoms with E-state index < -0.39 is 12.0 Å². The summed E-state index contributed by atoms with van der Waals surface area (Å²) in [7, 11) is 0. The van der Waals surface area contributed by atoms with E-state index in [0.29, 0.717) is 17.9 Å². The number of aromatic nitrogens is 3. The van der Waals surface area contributed by atoms with Crippen LogP contribution < -0.4 is 10.6 Å². The molecule has 2 amide bonds. The summed E-state index contributed by atoms with van der Waals surface area (Å²) in [4.78, 5) is 47.3. The van der Waals surface area contributed by atoms with Gasteiger partial charge in [0.25, 0.3) is 5.91 Å². The van der Waals surface area contributed by atoms with Gasteiger partial charge in [-0.2, -0.15) is 0 Å². The van der Waals surface area contributed by atoms with Gasteiger partial charge in [-0.1, -0.05) is 15.9 Å². The van der Waals surface area contributed by atoms with Gasteiger partial charge in [0.15, 0.2) is 0 Å². The Morgan fingerprint density at radius 2 is 2.07 bits per heavy atom. The van der Waals surface area contributed by atoms with Crippen LogP contribution in [0.25, 0.3) is 0 Å². The van der Waals surface area contributed by atoms with Gasteiger partial charge in [0.2, 0.25) is 5.91 Å². The van der Waals surface area contributed by atoms with E-state index in [1.165, 1.54) is 12.5 Å². The number of halogens is 1. The highest BCUT2D eigenvalue weighted by molar-refractivity contribution is 9.09. The predicted octanol–water partition coefficient (Wildman–Crippen LogP) is 1.37. The van der Waals surface area contributed by atoms with E-state index in [-0.39, 0.29) is 31.2 Å². The van der Waals surface area contributed by atoms with Crippen LogP contribution in [0.2, 0.25) is 0 Å². The average molecular weight is 466 g/mol. The normalized spacial score (nSPS) is 11.5. The molecular weight excluding hydrogens is 442 g/mol. The van der Waals surface area contributed by atoms with Gasteiger partial charge in [0.1, 0.15) is 6.04 Å². The Bertz CT molecular complexity index is 770. The second-order valence-corrected chi connectivity index (χ2v) is 7.01. The van der Waals surface area contributed by atoms with E-state index in [1.807, 2.05) is 0 Å². The zero-order chi connectivity index (χ0) is 20.9. The van der Waals surface area contributed by atoms with Crippen molar-refractivity contribution in [2.75, 3.05) is 18.5 Å². The van der Waals surface area contributed by atoms with Crippen molar-refractivity contribution in [2.45, 2.75) is 31.7 Å². The zero-order valence-electron chi connectivity index (χ0n) is 15.9. The van der Waals surface area contributed by atoms with Crippen molar-refractivity contribution in [2.24, 2.45) is 0 Å². The largest absolute Gasteiger partial charge is 0.464 e. The maximum absolute atomic E-state index is 12.4. The molecule has 2 heterocycles. The molecule has 0 fully saturated rings. The van der Waals surface area contributed by atoms with E-state index >= 15 is 0 Å². The Morgan fingerprint density at radius 1 is 1.21 bits per heavy atom. The summed E-state index contributed by atoms with van der Waals surface area (Å²) in [6, 6.07) is 2.46. The van der Waals surface area contributed by atoms with Gasteiger partial charge in [-0.05, 0) is 25.0 Å². The number of carbonyl (C=O) groups is 3. The number of H-pyrrole nitrogens is 1. The Kier molecular flexibility index (Phi) is 9.84. The molecule has 0 saturated carbocycles. The molecule has 10 heteroatoms. The number of unbranched alkanes of at least 4 members (excludes halogenated alkanes) is 1. The molecule has 0 aliphatic rings. The van der Waals surface area contributed by atoms with E-state index in [2.05, 4.69) is 41.5 Å². The van der Waals surface area contributed by atoms with Crippen molar-refractivity contribution in [3.63, 3.8) is 0 Å². The van der Waals surface area contributed by atoms with E-state index in [9.17, 15) is 14.4 Å². The number of hydrogen-bond acceptors (Lipinski definition) is 6. The van der Waals surface area contributed by atoms with Gasteiger partial charge < -0.3 is 20.4 Å². The molecule has 0 aliphatic heterocycles. The molecule has 2 rings (SSSR count). The first-order valence-corrected chi connectivity index (χ1v) is 10.4. The summed E-state index contributed by atoms with van der Waals surface area (Å²) in [6.07, 6.45) is 8.01. The number of rotatable bonds is 12. The molecular formula is C19H24BrN5O4. The Labute approximate surface area is 177 Å². The minimum Gasteiger partial charge on any atom is -0.464 e. The number of amides is 2. The molecule has 2 aromatic rings. The molecule has 156 valence electrons. The number of hydrogen-bond donors (Lipinski definition) is 3. The summed E-state index contributed by atoms with van der Waals surface area (Å²) < 4.78 is 5.27. The van der Waals surface area contributed by atoms with Crippen molar-refractivity contribution >= 4 is 33.7 Å². The fourth-order valence-corrected chi connectivity index (χ4v) is 2.83. The SMILES string of the molecule is O=C(CCNC(=O)c1cccnc1)N[C@@H](Cc1cnc[nH]1)C(=O)OCCCCBr. The molecule has 0 saturated heterocycles. The molecule has 29 heavy (non-hydrogen) atoms. The van der Waals surface area contributed by atoms with Crippen molar-refractivity contribution in [1.82, 2.24) is 25.6 Å². The van der Waals surface area contributed by atoms with Gasteiger partial charge in [-0.15, -0.1) is 0 Å². The second kappa shape index (κ2) is 12.7. The van der Waals surface area contributed by atoms with Crippen LogP contribution in [0, 0.1) is 0 Å². The van der Waals surface area contributed by atoms with Crippen LogP contribution in [0.15, 0.2) is 37.1 Å². The first-order valence-electron chi connectivity index (χ1n) is 9.27. The summed E-state index contributed by atoms with van der Waals surface area (Å²) in [5.74, 6) is -1.17. The van der Waals surface area contributed by atoms with E-state index in [1.54, 1.807) is 24.5 Å². The van der Waals surface area contributed by atoms with Gasteiger partial charge >= 0.3 is 5.97 Å². The van der Waals surface area contributed by atoms with Crippen molar-refractivity contribution in [3.05, 3.63) is 48.3 Å². The lowest BCUT2D eigenvalue weighted by molar-refractivity contribution is -0.148. The molecule has 1 atom stereocenters. The van der Waals surface area contributed by atoms with Gasteiger partial charge in [0.05, 0.1) is 18.5 Å². The lowest BCUT2D eigenvalue weighted by Crippen LogP contribution is -2.44. The highest BCUT2D eigenvalue weighted by Crippen LogP contribution is 2.03. The van der Waals surface area contributed by atoms with Crippen molar-refractivity contribution in [1.29, 1.82) is 0 Å². The summed E-state index contributed by atoms with van der Waals surface area (Å²) in [5, 5.41) is 6.16. The van der Waals surface area contributed by atoms with Gasteiger partial charge in [0, 0.05) is 49.0 Å². The van der Waals surface area contributed by atoms with Crippen molar-refractivity contribution in [3.8, 4) is 0 Å². The smallest absolute Gasteiger partial charge is 0.329 e. The lowest BCUT2D eigenvalue weighted by atomic mass is 10.1. The topological polar surface area (TPSA) is 126 Å². The molecule has 3 N–H and O–H groups in total. The minimum atomic E-state index is -0.832. The standard InChI is InChI=1S/C19H24BrN5O4/c20-6-1-2-9-29-19(28)16(10-15-12-22-13-24-15)25-17(26)5-8-23-18(27)14-4-3-7-21-11-14/h3-4,7,11-13,16H,1-2,5-6,8-10H2,(H,22,24)(H,23,27)(H,25,26)/t16-/m0/s1. The quantitative estimate of drug-likeness (QED) is 0.247. The summed E-state index contributed by atoms with van der Waals surface area (Å²) in [6.45, 7) is 0.428. The molecule has 0 aromatic carbocycles. The van der Waals surface area contributed by atoms with Crippen LogP contribution in [-0.4, -0.2) is 57.3 Å². The predicted molar refractivity (Wildman–Crippen MR) is 109 cm³/mol. The van der Waals surface area contributed by atoms with Gasteiger partial charge in [-0.3, -0.25) is 14.6 Å². The second-order valence-electron chi connectivity index (χ2n) is 6.21. The monoisotopic (exact) mass is 465 g/mol. The first-order chi connectivity index (χ1) is 14.1. The molecule has 0 aliphatic carbocycles. The Morgan fingerprint density at radius 3 is 2.76 bits per heavy atom. The summed E-state index contributed by atoms with van der Waals surface area (Å²) in [5.41, 5.74) is 1.12. The zero-order valence-corrected chi connectivity index (χ0v) is 17.5. The third-order valence-corrected chi connectivity index (χ3v) is 4.49. The highest BCUT2D eigenvalue weighted by Gasteiger charge is 2.23. The third-order valence-electron chi connectivity index (χ3n) is 3.93. The van der Waals surface area contributed by atoms with Crippen LogP contribution in [0.1, 0.15) is 35.3 Å². The number of alkyl halides is 1. The van der Waals surface area contributed by atoms with E-state index in [4.69, 9.17) is 4.74 Å². The van der Waals surface area contributed by atoms with Crippen LogP contribution in [0.5, 0.6) is 0 Å². The third kappa shape index (κ3) is 8.43. The first kappa shape index (κ1) is 22.5. The molecule has 2 aromatic heterocycles. The minimum absolute atomic E-state index is 0.0301. The number of nitrogens with one attached hydrogen (secondary N) is 3. The Hall–Kier alpha value is -2.75. The molecule has 0 bridgehead atoms. The van der Waals surface area contributed by atoms with E-state index in [0.717, 1.165) is 18.2 Å². The number of ether oxygens (including phenoxy) is 1. The number of pyridine rings is 1. The molecule has 0 spiro atoms. The number of nitrogens with zero attached hydrogens (tertiary/aromatic N) is 2. The van der Waals surface area contributed by atoms with Gasteiger partial charge in [-0.25, -0.2) is 9.78 Å². The van der Waals surface area contributed by atoms with Crippen LogP contribution in [0.3, 0.4) is 0 Å². The van der Waals surface area contributed by atoms with Crippen molar-refractivity contribution < 1.29 is 19.1 Å². The number of carbonyl (C=O) groups excluding carboxylic acids is 3. The highest BCUT2D eigenvalue weighted by atomic mass is 79.9. The average Bonchev–Trinajstić information content (AvgIpc) is 3.24. The maximum Gasteiger partial charge on any atom is 0.329 e. The Balaban J connectivity index is 1.82. The molecule has 0 unspecified atom stereocenters. The number of imidazole rings is 1. The summed E-state index contributed by atoms with van der Waals surface area (Å²) >= 11 is 3.33. The molecule has 0 radical (unpaired) electrons. The number of esters is 1. The number of aromatic amines is 1. The fraction of sp³-hybridized carbons (Fsp3) is 0.421. The lowest BCUT2D eigenvalue weighted by Gasteiger charge is -2.17. The molecule has 9 nitrogen and oxygen atoms in total. The van der Waals surface area contributed by atoms with Crippen LogP contribution >= 0.6 is 15.9 Å². The van der Waals surface area contributed by atoms with Crippen LogP contribution in [-0.2, 0) is 20.7 Å². The fourth-order valence-electron chi connectivity index (χ4n) is 2.43. The van der Waals surface area contributed by atoms with Crippen LogP contribution in [0.4, 0.5) is 0 Å².